The van der Waals surface area contributed by atoms with Crippen LogP contribution in [0.3, 0.4) is 0 Å². The quantitative estimate of drug-likeness (QED) is 0.00910. The largest absolute Gasteiger partial charge is 1.00 e. The van der Waals surface area contributed by atoms with Crippen LogP contribution < -0.4 is 263 Å². The van der Waals surface area contributed by atoms with Crippen molar-refractivity contribution in [3.8, 4) is 0 Å². The van der Waals surface area contributed by atoms with Crippen LogP contribution in [0, 0.1) is 26.4 Å². The predicted octanol–water partition coefficient (Wildman–Crippen LogP) is -39.5. The molecule has 0 aliphatic carbocycles. The molecule has 0 spiro atoms. The molecule has 668 valence electrons. The van der Waals surface area contributed by atoms with Crippen molar-refractivity contribution in [3.63, 3.8) is 0 Å². The van der Waals surface area contributed by atoms with Crippen LogP contribution in [0.1, 0.15) is 47.0 Å². The van der Waals surface area contributed by atoms with Gasteiger partial charge in [-0.05, 0) is 50.2 Å². The number of carbonyl (C=O) groups is 4. The van der Waals surface area contributed by atoms with Gasteiger partial charge in [-0.2, -0.15) is 26.4 Å². The molecule has 0 bridgehead atoms. The molecule has 8 saturated heterocycles. The van der Waals surface area contributed by atoms with Crippen molar-refractivity contribution >= 4 is 65.2 Å². The average Bonchev–Trinajstić information content (AvgIpc) is 0.771. The maximum absolute atomic E-state index is 12.8. The number of unbranched alkanes of at least 4 members (excludes halogenated alkanes) is 2. The van der Waals surface area contributed by atoms with Crippen molar-refractivity contribution in [1.82, 2.24) is 21.3 Å². The Labute approximate surface area is 881 Å². The van der Waals surface area contributed by atoms with Crippen molar-refractivity contribution < 1.29 is 466 Å². The molecule has 8 rings (SSSR count). The van der Waals surface area contributed by atoms with Crippen LogP contribution in [-0.2, 0) is 153 Å². The van der Waals surface area contributed by atoms with E-state index in [-0.39, 0.29) is 243 Å². The first-order valence-corrected chi connectivity index (χ1v) is 39.8. The minimum absolute atomic E-state index is 0. The summed E-state index contributed by atoms with van der Waals surface area (Å²) in [6, 6.07) is -7.60. The van der Waals surface area contributed by atoms with E-state index in [1.165, 1.54) is 0 Å². The topological polar surface area (TPSA) is 819 Å². The number of ether oxygens (including phenoxy) is 16. The second kappa shape index (κ2) is 57.6. The molecule has 0 saturated carbocycles. The molecule has 0 aromatic carbocycles. The number of carbonyl (C=O) groups excluding carboxylic acids is 4. The van der Waals surface area contributed by atoms with Crippen molar-refractivity contribution in [2.24, 2.45) is 5.73 Å². The summed E-state index contributed by atoms with van der Waals surface area (Å²) in [6.45, 7) is 1.21. The van der Waals surface area contributed by atoms with E-state index in [4.69, 9.17) is 81.5 Å². The molecular weight excluding hydrogens is 1850 g/mol. The fourth-order valence-electron chi connectivity index (χ4n) is 12.7. The van der Waals surface area contributed by atoms with Crippen LogP contribution in [0.2, 0.25) is 0 Å². The first kappa shape index (κ1) is 127. The van der Waals surface area contributed by atoms with Crippen LogP contribution in [0.5, 0.6) is 0 Å². The Bertz CT molecular complexity index is 3670. The average molecular weight is 1940 g/mol. The second-order valence-electron chi connectivity index (χ2n) is 26.7. The van der Waals surface area contributed by atoms with Gasteiger partial charge in [0.05, 0.1) is 50.8 Å². The molecule has 12 unspecified atom stereocenters. The fraction of sp³-hybridized carbons (Fsp3) is 0.860. The standard InChI is InChI=1S/C57H93N5O49S4.8Na/c1-18(63)59-30-39(72)34(67)26(14-97-112(80,81)82)105-50(30)101-23-11-94-55(44(77)36(23)69)109-48-28(16-99-114(86,87)88)107-52(32(41(48)74)61-20(3)65)103-25-13-96-57(46(79)38(25)71)111-49-29(17-100-115(89,90)91)108-53(33(42(49)75)62-21(4)66)104-24-12-95-56(45(78)37(24)70)110-47-27(15-98-113(83,84)85)106-51(31(40(47)73)60-19(2)64)102-22-10-93-54(43(76)35(22)68)92-9-7-5-6-8-58;;;;;;;;/h10-13,22-57,67-79H,5-9,14-17,58H2,1-4H3,(H,59,63)(H,60,64)(H,61,65)(H,62,66)(H,80,81,82)(H,83,84,85)(H,86,87,88)(H,89,90,91);;;;;;;;/q-4;8*+1/p-4/t22-,23-,24-,25-,26?,27?,28?,29?,30?,31?,32?,33?,34-,35+,36-,37-,38+,39-,40-,41-,42-,43?,44?,45?,46?,47-,48-,49-,50+,51+,52+,53+,54-,55+,56+,57+;;;;;;;;/m1......../s1. The summed E-state index contributed by atoms with van der Waals surface area (Å²) in [5.74, 6) is -3.81. The Morgan fingerprint density at radius 2 is 0.553 bits per heavy atom. The van der Waals surface area contributed by atoms with Crippen LogP contribution in [0.4, 0.5) is 0 Å². The van der Waals surface area contributed by atoms with E-state index in [1.807, 2.05) is 0 Å². The summed E-state index contributed by atoms with van der Waals surface area (Å²) >= 11 is 0. The number of nitrogens with one attached hydrogen (secondary N) is 4. The van der Waals surface area contributed by atoms with Crippen molar-refractivity contribution in [1.29, 1.82) is 0 Å². The Balaban J connectivity index is 0.0000186. The molecule has 8 aliphatic rings. The molecule has 123 heavy (non-hydrogen) atoms. The summed E-state index contributed by atoms with van der Waals surface area (Å²) in [5.41, 5.74) is 5.51. The van der Waals surface area contributed by atoms with E-state index < -0.39 is 313 Å². The van der Waals surface area contributed by atoms with Gasteiger partial charge in [0.1, 0.15) is 122 Å². The Morgan fingerprint density at radius 1 is 0.317 bits per heavy atom. The van der Waals surface area contributed by atoms with Gasteiger partial charge in [-0.1, -0.05) is 0 Å². The molecule has 4 amide bonds. The zero-order chi connectivity index (χ0) is 85.3. The maximum Gasteiger partial charge on any atom is 1.00 e. The van der Waals surface area contributed by atoms with Crippen LogP contribution >= 0.6 is 0 Å². The van der Waals surface area contributed by atoms with E-state index in [2.05, 4.69) is 38.0 Å². The molecule has 0 radical (unpaired) electrons. The number of nitrogens with two attached hydrogens (primary N) is 1. The van der Waals surface area contributed by atoms with Gasteiger partial charge in [-0.25, -0.2) is 33.7 Å². The first-order chi connectivity index (χ1) is 53.6. The zero-order valence-electron chi connectivity index (χ0n) is 68.2. The van der Waals surface area contributed by atoms with Gasteiger partial charge < -0.3 is 187 Å². The molecule has 36 atom stereocenters. The van der Waals surface area contributed by atoms with E-state index in [9.17, 15) is 137 Å². The number of aliphatic hydroxyl groups is 13. The number of rotatable bonds is 36. The normalized spacial score (nSPS) is 39.1. The number of amides is 4. The molecule has 0 aromatic heterocycles. The van der Waals surface area contributed by atoms with Gasteiger partial charge in [0.25, 0.3) is 0 Å². The fourth-order valence-corrected chi connectivity index (χ4v) is 13.9. The first-order valence-electron chi connectivity index (χ1n) is 34.5. The summed E-state index contributed by atoms with van der Waals surface area (Å²) < 4.78 is 248. The van der Waals surface area contributed by atoms with Gasteiger partial charge >= 0.3 is 236 Å². The van der Waals surface area contributed by atoms with Crippen molar-refractivity contribution in [2.75, 3.05) is 39.6 Å². The van der Waals surface area contributed by atoms with Crippen molar-refractivity contribution in [3.05, 3.63) is 26.4 Å². The molecule has 8 aliphatic heterocycles. The van der Waals surface area contributed by atoms with E-state index in [0.29, 0.717) is 45.6 Å². The van der Waals surface area contributed by atoms with E-state index >= 15 is 0 Å². The van der Waals surface area contributed by atoms with Crippen LogP contribution in [0.25, 0.3) is 0 Å². The molecule has 0 aromatic rings. The van der Waals surface area contributed by atoms with Gasteiger partial charge in [-0.15, -0.1) is 0 Å². The minimum Gasteiger partial charge on any atom is -0.726 e. The smallest absolute Gasteiger partial charge is 0.726 e. The van der Waals surface area contributed by atoms with Gasteiger partial charge in [0.15, 0.2) is 50.3 Å². The SMILES string of the molecule is CC(=O)NC1[C@@H](O[C@@H]2[CH-]O[C@@H](O[C@@H]3C(COS(=O)(=O)[O-])O[C@H](O[C@@H]4[CH-]O[C@@H](O[C@@H]5C(COS(=O)(=O)[O-])O[C@H](O[C@@H]6[CH-]O[C@@H](O[C@@H]7C(COS(=O)(=O)[O-])O[C@H](O[C@@H]8[CH-]O[C@@H](OCCCCCN)C(O)[C@H]8O)C(NC(C)=O)[C@H]7O)C(O)[C@@H]6O)C(NC(C)=O)[C@H]5O)C(O)[C@H]4O)C(NC(C)=O)[C@H]3O)C(O)[C@@H]2O)OC(COS(=O)(=O)[O-])[C@@H](O)[C@@H]1O.[Na+].[Na+].[Na+].[Na+].[Na+].[Na+].[Na+].[Na+]. The summed E-state index contributed by atoms with van der Waals surface area (Å²) in [4.78, 5) is 50.2. The molecule has 8 fully saturated rings. The third-order valence-electron chi connectivity index (χ3n) is 18.1. The van der Waals surface area contributed by atoms with Crippen molar-refractivity contribution in [2.45, 2.75) is 268 Å². The van der Waals surface area contributed by atoms with E-state index in [1.54, 1.807) is 0 Å². The van der Waals surface area contributed by atoms with Gasteiger partial charge in [0, 0.05) is 34.3 Å². The summed E-state index contributed by atoms with van der Waals surface area (Å²) in [6.07, 6.45) is -66.2. The molecule has 8 heterocycles. The number of hydrogen-bond donors (Lipinski definition) is 18. The summed E-state index contributed by atoms with van der Waals surface area (Å²) in [5, 5.41) is 157. The molecule has 19 N–H and O–H groups in total. The second-order valence-corrected chi connectivity index (χ2v) is 30.9. The molecular formula is C57H89N5Na8O49S4. The van der Waals surface area contributed by atoms with Gasteiger partial charge in [0.2, 0.25) is 65.2 Å². The van der Waals surface area contributed by atoms with Crippen LogP contribution in [0.15, 0.2) is 0 Å². The zero-order valence-corrected chi connectivity index (χ0v) is 87.4. The Morgan fingerprint density at radius 3 is 0.805 bits per heavy atom. The maximum atomic E-state index is 12.8. The summed E-state index contributed by atoms with van der Waals surface area (Å²) in [7, 11) is -22.5. The predicted molar refractivity (Wildman–Crippen MR) is 345 cm³/mol. The van der Waals surface area contributed by atoms with Crippen LogP contribution in [-0.4, -0.2) is 402 Å². The molecule has 54 nitrogen and oxygen atoms in total. The monoisotopic (exact) mass is 1940 g/mol. The third-order valence-corrected chi connectivity index (χ3v) is 19.8. The number of hydrogen-bond acceptors (Lipinski definition) is 50. The van der Waals surface area contributed by atoms with E-state index in [0.717, 1.165) is 34.3 Å². The van der Waals surface area contributed by atoms with Gasteiger partial charge in [-0.3, -0.25) is 35.9 Å². The Hall–Kier alpha value is 4.16. The number of aliphatic hydroxyl groups excluding tert-OH is 13. The molecule has 66 heteroatoms. The minimum atomic E-state index is -5.74. The third kappa shape index (κ3) is 37.7. The Kier molecular flexibility index (Phi) is 59.6.